The Labute approximate surface area is 124 Å². The summed E-state index contributed by atoms with van der Waals surface area (Å²) in [4.78, 5) is 22.8. The van der Waals surface area contributed by atoms with Crippen LogP contribution in [0.3, 0.4) is 0 Å². The second-order valence-corrected chi connectivity index (χ2v) is 5.52. The lowest BCUT2D eigenvalue weighted by Gasteiger charge is -2.31. The Morgan fingerprint density at radius 2 is 2.24 bits per heavy atom. The highest BCUT2D eigenvalue weighted by Gasteiger charge is 2.30. The van der Waals surface area contributed by atoms with Gasteiger partial charge in [-0.25, -0.2) is 9.79 Å². The molecule has 1 saturated carbocycles. The summed E-state index contributed by atoms with van der Waals surface area (Å²) in [5, 5.41) is 0. The minimum absolute atomic E-state index is 0.320. The fourth-order valence-corrected chi connectivity index (χ4v) is 2.36. The zero-order valence-corrected chi connectivity index (χ0v) is 12.2. The molecular formula is C15H20N4O2. The number of guanidine groups is 1. The number of carbonyl (C=O) groups is 1. The first-order chi connectivity index (χ1) is 10.2. The number of pyridine rings is 1. The van der Waals surface area contributed by atoms with Crippen LogP contribution in [0.2, 0.25) is 0 Å². The first-order valence-corrected chi connectivity index (χ1v) is 7.32. The zero-order valence-electron chi connectivity index (χ0n) is 12.2. The largest absolute Gasteiger partial charge is 0.465 e. The van der Waals surface area contributed by atoms with Gasteiger partial charge in [0.2, 0.25) is 0 Å². The number of rotatable bonds is 4. The molecule has 1 aromatic rings. The highest BCUT2D eigenvalue weighted by Crippen LogP contribution is 2.40. The number of carbonyl (C=O) groups excluding carboxylic acids is 1. The molecule has 0 bridgehead atoms. The van der Waals surface area contributed by atoms with E-state index in [4.69, 9.17) is 10.5 Å². The zero-order chi connectivity index (χ0) is 14.8. The number of ether oxygens (including phenoxy) is 1. The minimum Gasteiger partial charge on any atom is -0.465 e. The molecule has 1 aliphatic heterocycles. The van der Waals surface area contributed by atoms with Gasteiger partial charge in [-0.2, -0.15) is 0 Å². The number of nitrogens with two attached hydrogens (primary N) is 1. The molecule has 2 fully saturated rings. The molecule has 112 valence electrons. The standard InChI is InChI=1S/C15H20N4O2/c1-21-14(20)12-6-5-11(18-13(12)10-3-4-10)9-17-15(16)19-7-2-8-19/h5-6,10H,2-4,7-9H2,1H3,(H2,16,17). The van der Waals surface area contributed by atoms with Crippen molar-refractivity contribution >= 4 is 11.9 Å². The number of methoxy groups -OCH3 is 1. The number of aliphatic imine (C=N–C) groups is 1. The first kappa shape index (κ1) is 13.9. The Morgan fingerprint density at radius 1 is 1.48 bits per heavy atom. The van der Waals surface area contributed by atoms with E-state index in [1.54, 1.807) is 6.07 Å². The number of likely N-dealkylation sites (tertiary alicyclic amines) is 1. The smallest absolute Gasteiger partial charge is 0.339 e. The van der Waals surface area contributed by atoms with Gasteiger partial charge in [0, 0.05) is 19.0 Å². The average molecular weight is 288 g/mol. The molecule has 0 unspecified atom stereocenters. The van der Waals surface area contributed by atoms with Crippen molar-refractivity contribution in [3.05, 3.63) is 29.1 Å². The molecule has 1 aliphatic carbocycles. The van der Waals surface area contributed by atoms with Crippen molar-refractivity contribution < 1.29 is 9.53 Å². The van der Waals surface area contributed by atoms with E-state index in [0.29, 0.717) is 24.0 Å². The van der Waals surface area contributed by atoms with Crippen LogP contribution >= 0.6 is 0 Å². The topological polar surface area (TPSA) is 80.8 Å². The number of aromatic nitrogens is 1. The van der Waals surface area contributed by atoms with Crippen molar-refractivity contribution in [1.29, 1.82) is 0 Å². The maximum atomic E-state index is 11.8. The lowest BCUT2D eigenvalue weighted by Crippen LogP contribution is -2.46. The van der Waals surface area contributed by atoms with E-state index in [9.17, 15) is 4.79 Å². The van der Waals surface area contributed by atoms with E-state index in [0.717, 1.165) is 37.3 Å². The fraction of sp³-hybridized carbons (Fsp3) is 0.533. The highest BCUT2D eigenvalue weighted by molar-refractivity contribution is 5.90. The van der Waals surface area contributed by atoms with Crippen LogP contribution in [0.1, 0.15) is 46.9 Å². The average Bonchev–Trinajstić information content (AvgIpc) is 3.26. The normalized spacial score (nSPS) is 18.3. The molecule has 1 aromatic heterocycles. The summed E-state index contributed by atoms with van der Waals surface area (Å²) in [6, 6.07) is 3.61. The van der Waals surface area contributed by atoms with E-state index in [1.165, 1.54) is 13.5 Å². The quantitative estimate of drug-likeness (QED) is 0.512. The summed E-state index contributed by atoms with van der Waals surface area (Å²) in [5.41, 5.74) is 8.17. The predicted octanol–water partition coefficient (Wildman–Crippen LogP) is 1.27. The summed E-state index contributed by atoms with van der Waals surface area (Å²) in [7, 11) is 1.39. The molecule has 2 N–H and O–H groups in total. The van der Waals surface area contributed by atoms with Gasteiger partial charge in [-0.1, -0.05) is 0 Å². The molecule has 6 heteroatoms. The fourth-order valence-electron chi connectivity index (χ4n) is 2.36. The number of hydrogen-bond acceptors (Lipinski definition) is 4. The van der Waals surface area contributed by atoms with Gasteiger partial charge in [0.25, 0.3) is 0 Å². The second-order valence-electron chi connectivity index (χ2n) is 5.52. The maximum absolute atomic E-state index is 11.8. The molecule has 0 radical (unpaired) electrons. The predicted molar refractivity (Wildman–Crippen MR) is 79.1 cm³/mol. The van der Waals surface area contributed by atoms with Crippen molar-refractivity contribution in [3.63, 3.8) is 0 Å². The van der Waals surface area contributed by atoms with Crippen molar-refractivity contribution in [1.82, 2.24) is 9.88 Å². The van der Waals surface area contributed by atoms with Gasteiger partial charge in [0.15, 0.2) is 5.96 Å². The molecule has 21 heavy (non-hydrogen) atoms. The van der Waals surface area contributed by atoms with Gasteiger partial charge < -0.3 is 15.4 Å². The summed E-state index contributed by atoms with van der Waals surface area (Å²) >= 11 is 0. The van der Waals surface area contributed by atoms with E-state index in [-0.39, 0.29) is 5.97 Å². The maximum Gasteiger partial charge on any atom is 0.339 e. The molecule has 3 rings (SSSR count). The van der Waals surface area contributed by atoms with Crippen LogP contribution in [-0.2, 0) is 11.3 Å². The highest BCUT2D eigenvalue weighted by atomic mass is 16.5. The van der Waals surface area contributed by atoms with Gasteiger partial charge in [0.05, 0.1) is 30.6 Å². The van der Waals surface area contributed by atoms with Gasteiger partial charge in [-0.05, 0) is 31.4 Å². The summed E-state index contributed by atoms with van der Waals surface area (Å²) in [6.07, 6.45) is 3.34. The molecule has 6 nitrogen and oxygen atoms in total. The monoisotopic (exact) mass is 288 g/mol. The Hall–Kier alpha value is -2.11. The molecule has 0 spiro atoms. The van der Waals surface area contributed by atoms with Gasteiger partial charge in [-0.15, -0.1) is 0 Å². The lowest BCUT2D eigenvalue weighted by atomic mass is 10.1. The number of hydrogen-bond donors (Lipinski definition) is 1. The van der Waals surface area contributed by atoms with E-state index < -0.39 is 0 Å². The van der Waals surface area contributed by atoms with Crippen molar-refractivity contribution in [3.8, 4) is 0 Å². The third-order valence-corrected chi connectivity index (χ3v) is 3.93. The summed E-state index contributed by atoms with van der Waals surface area (Å²) < 4.78 is 4.81. The Morgan fingerprint density at radius 3 is 2.81 bits per heavy atom. The van der Waals surface area contributed by atoms with E-state index in [1.807, 2.05) is 11.0 Å². The van der Waals surface area contributed by atoms with Crippen molar-refractivity contribution in [2.75, 3.05) is 20.2 Å². The van der Waals surface area contributed by atoms with Crippen LogP contribution in [-0.4, -0.2) is 42.0 Å². The molecule has 1 saturated heterocycles. The van der Waals surface area contributed by atoms with Crippen LogP contribution in [0.4, 0.5) is 0 Å². The summed E-state index contributed by atoms with van der Waals surface area (Å²) in [6.45, 7) is 2.41. The van der Waals surface area contributed by atoms with Crippen molar-refractivity contribution in [2.24, 2.45) is 10.7 Å². The molecule has 2 heterocycles. The SMILES string of the molecule is COC(=O)c1ccc(CN=C(N)N2CCC2)nc1C1CC1. The third kappa shape index (κ3) is 2.99. The van der Waals surface area contributed by atoms with Crippen LogP contribution < -0.4 is 5.73 Å². The van der Waals surface area contributed by atoms with Crippen LogP contribution in [0.15, 0.2) is 17.1 Å². The Kier molecular flexibility index (Phi) is 3.77. The molecule has 0 atom stereocenters. The third-order valence-electron chi connectivity index (χ3n) is 3.93. The number of esters is 1. The lowest BCUT2D eigenvalue weighted by molar-refractivity contribution is 0.0598. The van der Waals surface area contributed by atoms with Crippen LogP contribution in [0.5, 0.6) is 0 Å². The Balaban J connectivity index is 1.77. The van der Waals surface area contributed by atoms with E-state index in [2.05, 4.69) is 9.98 Å². The minimum atomic E-state index is -0.320. The van der Waals surface area contributed by atoms with E-state index >= 15 is 0 Å². The van der Waals surface area contributed by atoms with Crippen LogP contribution in [0, 0.1) is 0 Å². The molecule has 0 aromatic carbocycles. The molecule has 2 aliphatic rings. The van der Waals surface area contributed by atoms with Gasteiger partial charge in [0.1, 0.15) is 0 Å². The summed E-state index contributed by atoms with van der Waals surface area (Å²) in [5.74, 6) is 0.642. The molecular weight excluding hydrogens is 268 g/mol. The van der Waals surface area contributed by atoms with Gasteiger partial charge >= 0.3 is 5.97 Å². The van der Waals surface area contributed by atoms with Gasteiger partial charge in [-0.3, -0.25) is 4.98 Å². The number of nitrogens with zero attached hydrogens (tertiary/aromatic N) is 3. The van der Waals surface area contributed by atoms with Crippen molar-refractivity contribution in [2.45, 2.75) is 31.7 Å². The Bertz CT molecular complexity index is 577. The first-order valence-electron chi connectivity index (χ1n) is 7.32. The van der Waals surface area contributed by atoms with Crippen LogP contribution in [0.25, 0.3) is 0 Å². The molecule has 0 amide bonds. The second kappa shape index (κ2) is 5.71.